The fourth-order valence-electron chi connectivity index (χ4n) is 2.10. The average Bonchev–Trinajstić information content (AvgIpc) is 2.28. The Morgan fingerprint density at radius 2 is 2.06 bits per heavy atom. The molecule has 0 saturated heterocycles. The van der Waals surface area contributed by atoms with E-state index >= 15 is 0 Å². The Kier molecular flexibility index (Phi) is 3.28. The first-order valence-electron chi connectivity index (χ1n) is 6.05. The summed E-state index contributed by atoms with van der Waals surface area (Å²) in [6, 6.07) is 7.96. The van der Waals surface area contributed by atoms with E-state index in [2.05, 4.69) is 19.9 Å². The molecule has 1 amide bonds. The highest BCUT2D eigenvalue weighted by atomic mass is 16.2. The fraction of sp³-hybridized carbons (Fsp3) is 0.500. The molecule has 0 atom stereocenters. The van der Waals surface area contributed by atoms with Gasteiger partial charge in [-0.3, -0.25) is 4.79 Å². The zero-order valence-corrected chi connectivity index (χ0v) is 10.1. The second-order valence-corrected chi connectivity index (χ2v) is 4.88. The van der Waals surface area contributed by atoms with Gasteiger partial charge in [0.25, 0.3) is 5.91 Å². The molecule has 0 spiro atoms. The average molecular weight is 217 g/mol. The molecule has 16 heavy (non-hydrogen) atoms. The summed E-state index contributed by atoms with van der Waals surface area (Å²) in [7, 11) is 0. The molecule has 1 aromatic carbocycles. The number of fused-ring (bicyclic) bond motifs is 1. The molecule has 0 N–H and O–H groups in total. The van der Waals surface area contributed by atoms with Gasteiger partial charge in [-0.1, -0.05) is 32.0 Å². The van der Waals surface area contributed by atoms with Crippen molar-refractivity contribution in [3.8, 4) is 0 Å². The lowest BCUT2D eigenvalue weighted by Crippen LogP contribution is -2.38. The second kappa shape index (κ2) is 4.69. The van der Waals surface area contributed by atoms with Crippen LogP contribution in [-0.4, -0.2) is 23.9 Å². The predicted molar refractivity (Wildman–Crippen MR) is 65.5 cm³/mol. The molecule has 0 aromatic heterocycles. The van der Waals surface area contributed by atoms with Crippen LogP contribution in [0.3, 0.4) is 0 Å². The van der Waals surface area contributed by atoms with Crippen molar-refractivity contribution in [2.75, 3.05) is 13.1 Å². The molecular formula is C14H19NO. The van der Waals surface area contributed by atoms with Gasteiger partial charge in [0, 0.05) is 18.7 Å². The maximum absolute atomic E-state index is 12.2. The molecule has 1 aliphatic rings. The zero-order valence-electron chi connectivity index (χ0n) is 10.1. The minimum atomic E-state index is 0.211. The number of hydrogen-bond acceptors (Lipinski definition) is 1. The SMILES string of the molecule is CC(C)CCN1CCc2ccccc2C1=O. The van der Waals surface area contributed by atoms with Crippen molar-refractivity contribution >= 4 is 5.91 Å². The van der Waals surface area contributed by atoms with Gasteiger partial charge in [-0.25, -0.2) is 0 Å². The minimum Gasteiger partial charge on any atom is -0.338 e. The molecule has 2 heteroatoms. The van der Waals surface area contributed by atoms with Crippen LogP contribution < -0.4 is 0 Å². The first-order valence-corrected chi connectivity index (χ1v) is 6.05. The Labute approximate surface area is 97.3 Å². The largest absolute Gasteiger partial charge is 0.338 e. The molecule has 0 bridgehead atoms. The van der Waals surface area contributed by atoms with E-state index in [1.54, 1.807) is 0 Å². The van der Waals surface area contributed by atoms with E-state index in [4.69, 9.17) is 0 Å². The fourth-order valence-corrected chi connectivity index (χ4v) is 2.10. The van der Waals surface area contributed by atoms with E-state index in [-0.39, 0.29) is 5.91 Å². The van der Waals surface area contributed by atoms with Gasteiger partial charge in [0.15, 0.2) is 0 Å². The van der Waals surface area contributed by atoms with Crippen LogP contribution in [0.5, 0.6) is 0 Å². The maximum atomic E-state index is 12.2. The van der Waals surface area contributed by atoms with Crippen molar-refractivity contribution < 1.29 is 4.79 Å². The van der Waals surface area contributed by atoms with Crippen LogP contribution in [0.15, 0.2) is 24.3 Å². The monoisotopic (exact) mass is 217 g/mol. The van der Waals surface area contributed by atoms with Crippen molar-refractivity contribution in [3.63, 3.8) is 0 Å². The highest BCUT2D eigenvalue weighted by molar-refractivity contribution is 5.96. The number of hydrogen-bond donors (Lipinski definition) is 0. The van der Waals surface area contributed by atoms with Crippen molar-refractivity contribution in [2.24, 2.45) is 5.92 Å². The molecule has 1 aliphatic heterocycles. The van der Waals surface area contributed by atoms with Gasteiger partial charge in [-0.05, 0) is 30.4 Å². The number of benzene rings is 1. The molecule has 0 radical (unpaired) electrons. The predicted octanol–water partition coefficient (Wildman–Crippen LogP) is 2.73. The van der Waals surface area contributed by atoms with E-state index in [1.807, 2.05) is 23.1 Å². The molecular weight excluding hydrogens is 198 g/mol. The molecule has 0 aliphatic carbocycles. The Bertz CT molecular complexity index is 384. The number of amides is 1. The van der Waals surface area contributed by atoms with Gasteiger partial charge in [-0.2, -0.15) is 0 Å². The summed E-state index contributed by atoms with van der Waals surface area (Å²) in [6.07, 6.45) is 2.09. The van der Waals surface area contributed by atoms with Crippen molar-refractivity contribution in [1.82, 2.24) is 4.90 Å². The number of rotatable bonds is 3. The standard InChI is InChI=1S/C14H19NO/c1-11(2)7-9-15-10-8-12-5-3-4-6-13(12)14(15)16/h3-6,11H,7-10H2,1-2H3. The lowest BCUT2D eigenvalue weighted by atomic mass is 9.98. The van der Waals surface area contributed by atoms with Gasteiger partial charge in [0.2, 0.25) is 0 Å². The quantitative estimate of drug-likeness (QED) is 0.762. The molecule has 1 aromatic rings. The minimum absolute atomic E-state index is 0.211. The van der Waals surface area contributed by atoms with E-state index in [0.717, 1.165) is 31.5 Å². The lowest BCUT2D eigenvalue weighted by molar-refractivity contribution is 0.0732. The summed E-state index contributed by atoms with van der Waals surface area (Å²) >= 11 is 0. The van der Waals surface area contributed by atoms with Gasteiger partial charge >= 0.3 is 0 Å². The summed E-state index contributed by atoms with van der Waals surface area (Å²) in [5.41, 5.74) is 2.10. The summed E-state index contributed by atoms with van der Waals surface area (Å²) in [5, 5.41) is 0. The van der Waals surface area contributed by atoms with Crippen molar-refractivity contribution in [2.45, 2.75) is 26.7 Å². The van der Waals surface area contributed by atoms with E-state index in [1.165, 1.54) is 5.56 Å². The number of carbonyl (C=O) groups excluding carboxylic acids is 1. The van der Waals surface area contributed by atoms with Crippen LogP contribution in [0.1, 0.15) is 36.2 Å². The van der Waals surface area contributed by atoms with Crippen LogP contribution in [0.4, 0.5) is 0 Å². The van der Waals surface area contributed by atoms with Crippen molar-refractivity contribution in [3.05, 3.63) is 35.4 Å². The van der Waals surface area contributed by atoms with Gasteiger partial charge in [0.05, 0.1) is 0 Å². The third kappa shape index (κ3) is 2.26. The Morgan fingerprint density at radius 3 is 2.81 bits per heavy atom. The molecule has 1 heterocycles. The molecule has 2 rings (SSSR count). The summed E-state index contributed by atoms with van der Waals surface area (Å²) < 4.78 is 0. The van der Waals surface area contributed by atoms with Crippen LogP contribution >= 0.6 is 0 Å². The molecule has 2 nitrogen and oxygen atoms in total. The van der Waals surface area contributed by atoms with E-state index < -0.39 is 0 Å². The van der Waals surface area contributed by atoms with Gasteiger partial charge in [0.1, 0.15) is 0 Å². The van der Waals surface area contributed by atoms with Crippen LogP contribution in [0.25, 0.3) is 0 Å². The highest BCUT2D eigenvalue weighted by Gasteiger charge is 2.23. The Hall–Kier alpha value is -1.31. The first-order chi connectivity index (χ1) is 7.68. The maximum Gasteiger partial charge on any atom is 0.254 e. The highest BCUT2D eigenvalue weighted by Crippen LogP contribution is 2.19. The van der Waals surface area contributed by atoms with E-state index in [0.29, 0.717) is 5.92 Å². The molecule has 86 valence electrons. The second-order valence-electron chi connectivity index (χ2n) is 4.88. The topological polar surface area (TPSA) is 20.3 Å². The van der Waals surface area contributed by atoms with E-state index in [9.17, 15) is 4.79 Å². The smallest absolute Gasteiger partial charge is 0.254 e. The molecule has 0 unspecified atom stereocenters. The summed E-state index contributed by atoms with van der Waals surface area (Å²) in [5.74, 6) is 0.868. The third-order valence-corrected chi connectivity index (χ3v) is 3.16. The molecule has 0 saturated carbocycles. The molecule has 0 fully saturated rings. The number of nitrogens with zero attached hydrogens (tertiary/aromatic N) is 1. The Morgan fingerprint density at radius 1 is 1.31 bits per heavy atom. The van der Waals surface area contributed by atoms with Crippen molar-refractivity contribution in [1.29, 1.82) is 0 Å². The lowest BCUT2D eigenvalue weighted by Gasteiger charge is -2.29. The normalized spacial score (nSPS) is 15.4. The van der Waals surface area contributed by atoms with Crippen LogP contribution in [0.2, 0.25) is 0 Å². The number of carbonyl (C=O) groups is 1. The van der Waals surface area contributed by atoms with Gasteiger partial charge in [-0.15, -0.1) is 0 Å². The summed E-state index contributed by atoms with van der Waals surface area (Å²) in [4.78, 5) is 14.1. The van der Waals surface area contributed by atoms with Crippen LogP contribution in [-0.2, 0) is 6.42 Å². The first kappa shape index (κ1) is 11.2. The van der Waals surface area contributed by atoms with Crippen LogP contribution in [0, 0.1) is 5.92 Å². The van der Waals surface area contributed by atoms with Gasteiger partial charge < -0.3 is 4.90 Å². The third-order valence-electron chi connectivity index (χ3n) is 3.16. The Balaban J connectivity index is 2.09. The summed E-state index contributed by atoms with van der Waals surface area (Å²) in [6.45, 7) is 6.16. The zero-order chi connectivity index (χ0) is 11.5.